The lowest BCUT2D eigenvalue weighted by Gasteiger charge is -2.28. The first kappa shape index (κ1) is 15.1. The fourth-order valence-electron chi connectivity index (χ4n) is 2.53. The lowest BCUT2D eigenvalue weighted by Crippen LogP contribution is -2.29. The van der Waals surface area contributed by atoms with Crippen LogP contribution in [0.15, 0.2) is 18.2 Å². The van der Waals surface area contributed by atoms with Crippen LogP contribution in [0.1, 0.15) is 32.6 Å². The molecule has 5 heteroatoms. The Morgan fingerprint density at radius 3 is 2.90 bits per heavy atom. The molecule has 2 rings (SSSR count). The molecule has 1 aliphatic rings. The summed E-state index contributed by atoms with van der Waals surface area (Å²) in [4.78, 5) is 11.9. The van der Waals surface area contributed by atoms with Crippen LogP contribution in [0.4, 0.5) is 11.4 Å². The van der Waals surface area contributed by atoms with Crippen molar-refractivity contribution in [3.05, 3.63) is 23.2 Å². The van der Waals surface area contributed by atoms with Crippen molar-refractivity contribution in [2.24, 2.45) is 5.92 Å². The monoisotopic (exact) mass is 296 g/mol. The average molecular weight is 297 g/mol. The van der Waals surface area contributed by atoms with Gasteiger partial charge in [-0.1, -0.05) is 31.4 Å². The first-order valence-corrected chi connectivity index (χ1v) is 7.40. The number of halogens is 1. The van der Waals surface area contributed by atoms with Gasteiger partial charge in [-0.05, 0) is 37.0 Å². The number of hydrogen-bond donors (Lipinski definition) is 2. The Kier molecular flexibility index (Phi) is 5.26. The van der Waals surface area contributed by atoms with Crippen molar-refractivity contribution in [2.75, 3.05) is 17.7 Å². The van der Waals surface area contributed by atoms with Crippen molar-refractivity contribution in [3.63, 3.8) is 0 Å². The van der Waals surface area contributed by atoms with E-state index in [0.29, 0.717) is 22.3 Å². The number of benzene rings is 1. The minimum absolute atomic E-state index is 0.0652. The summed E-state index contributed by atoms with van der Waals surface area (Å²) in [6.07, 6.45) is 4.85. The zero-order valence-electron chi connectivity index (χ0n) is 11.7. The Bertz CT molecular complexity index is 479. The number of nitrogen functional groups attached to an aromatic ring is 1. The molecule has 2 unspecified atom stereocenters. The van der Waals surface area contributed by atoms with E-state index in [2.05, 4.69) is 12.2 Å². The van der Waals surface area contributed by atoms with Gasteiger partial charge in [0.15, 0.2) is 0 Å². The Morgan fingerprint density at radius 1 is 1.45 bits per heavy atom. The molecule has 0 radical (unpaired) electrons. The molecule has 3 N–H and O–H groups in total. The first-order valence-electron chi connectivity index (χ1n) is 7.02. The van der Waals surface area contributed by atoms with Gasteiger partial charge < -0.3 is 15.8 Å². The predicted octanol–water partition coefficient (Wildman–Crippen LogP) is 3.46. The van der Waals surface area contributed by atoms with Gasteiger partial charge in [0.1, 0.15) is 6.61 Å². The molecule has 0 heterocycles. The third-order valence-electron chi connectivity index (χ3n) is 3.73. The van der Waals surface area contributed by atoms with Crippen LogP contribution in [-0.2, 0) is 9.53 Å². The Morgan fingerprint density at radius 2 is 2.20 bits per heavy atom. The second kappa shape index (κ2) is 6.95. The summed E-state index contributed by atoms with van der Waals surface area (Å²) in [5.74, 6) is 0.339. The van der Waals surface area contributed by atoms with Crippen LogP contribution in [0.25, 0.3) is 0 Å². The third kappa shape index (κ3) is 4.12. The lowest BCUT2D eigenvalue weighted by atomic mass is 9.88. The minimum Gasteiger partial charge on any atom is -0.399 e. The van der Waals surface area contributed by atoms with Gasteiger partial charge in [0, 0.05) is 5.69 Å². The minimum atomic E-state index is -0.186. The lowest BCUT2D eigenvalue weighted by molar-refractivity contribution is -0.124. The van der Waals surface area contributed by atoms with E-state index in [9.17, 15) is 4.79 Å². The molecule has 110 valence electrons. The van der Waals surface area contributed by atoms with Crippen LogP contribution in [0, 0.1) is 5.92 Å². The van der Waals surface area contributed by atoms with Crippen molar-refractivity contribution in [2.45, 2.75) is 38.7 Å². The average Bonchev–Trinajstić information content (AvgIpc) is 2.41. The molecule has 1 fully saturated rings. The molecule has 1 amide bonds. The van der Waals surface area contributed by atoms with E-state index in [-0.39, 0.29) is 18.6 Å². The molecule has 1 aromatic carbocycles. The van der Waals surface area contributed by atoms with E-state index in [0.717, 1.165) is 6.42 Å². The normalized spacial score (nSPS) is 22.5. The smallest absolute Gasteiger partial charge is 0.250 e. The maximum Gasteiger partial charge on any atom is 0.250 e. The molecular weight excluding hydrogens is 276 g/mol. The highest BCUT2D eigenvalue weighted by molar-refractivity contribution is 6.34. The van der Waals surface area contributed by atoms with Crippen molar-refractivity contribution in [3.8, 4) is 0 Å². The van der Waals surface area contributed by atoms with Gasteiger partial charge in [0.05, 0.1) is 16.8 Å². The van der Waals surface area contributed by atoms with Crippen LogP contribution < -0.4 is 11.1 Å². The van der Waals surface area contributed by atoms with Gasteiger partial charge in [-0.3, -0.25) is 4.79 Å². The summed E-state index contributed by atoms with van der Waals surface area (Å²) in [5, 5.41) is 3.18. The molecule has 1 saturated carbocycles. The number of hydrogen-bond acceptors (Lipinski definition) is 3. The van der Waals surface area contributed by atoms with E-state index < -0.39 is 0 Å². The number of carbonyl (C=O) groups is 1. The summed E-state index contributed by atoms with van der Waals surface area (Å²) in [6, 6.07) is 5.01. The molecule has 4 nitrogen and oxygen atoms in total. The van der Waals surface area contributed by atoms with Crippen LogP contribution in [0.3, 0.4) is 0 Å². The highest BCUT2D eigenvalue weighted by Crippen LogP contribution is 2.27. The highest BCUT2D eigenvalue weighted by Gasteiger charge is 2.22. The molecular formula is C15H21ClN2O2. The summed E-state index contributed by atoms with van der Waals surface area (Å²) in [5.41, 5.74) is 6.74. The largest absolute Gasteiger partial charge is 0.399 e. The van der Waals surface area contributed by atoms with E-state index in [1.807, 2.05) is 0 Å². The topological polar surface area (TPSA) is 64.3 Å². The summed E-state index contributed by atoms with van der Waals surface area (Å²) >= 11 is 6.01. The first-order chi connectivity index (χ1) is 9.56. The summed E-state index contributed by atoms with van der Waals surface area (Å²) in [7, 11) is 0. The van der Waals surface area contributed by atoms with Crippen molar-refractivity contribution in [1.82, 2.24) is 0 Å². The molecule has 0 saturated heterocycles. The van der Waals surface area contributed by atoms with Gasteiger partial charge in [-0.15, -0.1) is 0 Å². The van der Waals surface area contributed by atoms with E-state index in [4.69, 9.17) is 22.1 Å². The van der Waals surface area contributed by atoms with Gasteiger partial charge in [0.2, 0.25) is 5.91 Å². The molecule has 1 aliphatic carbocycles. The van der Waals surface area contributed by atoms with Crippen LogP contribution in [0.5, 0.6) is 0 Å². The predicted molar refractivity (Wildman–Crippen MR) is 81.9 cm³/mol. The molecule has 20 heavy (non-hydrogen) atoms. The third-order valence-corrected chi connectivity index (χ3v) is 4.04. The number of nitrogens with two attached hydrogens (primary N) is 1. The maximum absolute atomic E-state index is 11.9. The Hall–Kier alpha value is -1.26. The Balaban J connectivity index is 1.83. The van der Waals surface area contributed by atoms with Gasteiger partial charge in [-0.25, -0.2) is 0 Å². The van der Waals surface area contributed by atoms with Crippen molar-refractivity contribution < 1.29 is 9.53 Å². The van der Waals surface area contributed by atoms with E-state index >= 15 is 0 Å². The van der Waals surface area contributed by atoms with Crippen LogP contribution >= 0.6 is 11.6 Å². The van der Waals surface area contributed by atoms with Crippen molar-refractivity contribution >= 4 is 28.9 Å². The van der Waals surface area contributed by atoms with Crippen LogP contribution in [0.2, 0.25) is 5.02 Å². The van der Waals surface area contributed by atoms with Crippen LogP contribution in [-0.4, -0.2) is 18.6 Å². The van der Waals surface area contributed by atoms with Crippen molar-refractivity contribution in [1.29, 1.82) is 0 Å². The SMILES string of the molecule is CC1CCCCC1OCC(=O)Nc1ccc(N)cc1Cl. The second-order valence-electron chi connectivity index (χ2n) is 5.40. The molecule has 0 aromatic heterocycles. The fraction of sp³-hybridized carbons (Fsp3) is 0.533. The number of ether oxygens (including phenoxy) is 1. The summed E-state index contributed by atoms with van der Waals surface area (Å²) in [6.45, 7) is 2.24. The molecule has 1 aromatic rings. The van der Waals surface area contributed by atoms with E-state index in [1.54, 1.807) is 18.2 Å². The molecule has 0 spiro atoms. The Labute approximate surface area is 124 Å². The number of rotatable bonds is 4. The second-order valence-corrected chi connectivity index (χ2v) is 5.81. The highest BCUT2D eigenvalue weighted by atomic mass is 35.5. The number of anilines is 2. The fourth-order valence-corrected chi connectivity index (χ4v) is 2.77. The van der Waals surface area contributed by atoms with Gasteiger partial charge in [-0.2, -0.15) is 0 Å². The summed E-state index contributed by atoms with van der Waals surface area (Å²) < 4.78 is 5.71. The van der Waals surface area contributed by atoms with Gasteiger partial charge >= 0.3 is 0 Å². The standard InChI is InChI=1S/C15H21ClN2O2/c1-10-4-2-3-5-14(10)20-9-15(19)18-13-7-6-11(17)8-12(13)16/h6-8,10,14H,2-5,9,17H2,1H3,(H,18,19). The number of nitrogens with one attached hydrogen (secondary N) is 1. The zero-order valence-corrected chi connectivity index (χ0v) is 12.5. The quantitative estimate of drug-likeness (QED) is 0.836. The molecule has 2 atom stereocenters. The maximum atomic E-state index is 11.9. The molecule has 0 aliphatic heterocycles. The zero-order chi connectivity index (χ0) is 14.5. The van der Waals surface area contributed by atoms with Gasteiger partial charge in [0.25, 0.3) is 0 Å². The number of carbonyl (C=O) groups excluding carboxylic acids is 1. The van der Waals surface area contributed by atoms with E-state index in [1.165, 1.54) is 19.3 Å². The molecule has 0 bridgehead atoms. The number of amides is 1.